The van der Waals surface area contributed by atoms with Crippen LogP contribution in [-0.2, 0) is 4.79 Å². The van der Waals surface area contributed by atoms with Crippen LogP contribution < -0.4 is 0 Å². The zero-order chi connectivity index (χ0) is 4.12. The van der Waals surface area contributed by atoms with Crippen LogP contribution in [0.5, 0.6) is 0 Å². The molecular weight excluding hydrogens is 199 g/mol. The first-order chi connectivity index (χ1) is 2.41. The minimum atomic E-state index is 0. The molecule has 0 aliphatic heterocycles. The van der Waals surface area contributed by atoms with Gasteiger partial charge < -0.3 is 10.3 Å². The van der Waals surface area contributed by atoms with Gasteiger partial charge in [-0.25, -0.2) is 0 Å². The van der Waals surface area contributed by atoms with Gasteiger partial charge in [0, 0.05) is 6.42 Å². The monoisotopic (exact) mass is 212 g/mol. The Bertz CT molecular complexity index is 30.9. The molecule has 0 rings (SSSR count). The fourth-order valence-electron chi connectivity index (χ4n) is 0.118. The molecule has 0 amide bonds. The van der Waals surface area contributed by atoms with Crippen LogP contribution >= 0.6 is 0 Å². The summed E-state index contributed by atoms with van der Waals surface area (Å²) in [6, 6.07) is 0. The van der Waals surface area contributed by atoms with E-state index in [-0.39, 0.29) is 29.4 Å². The third kappa shape index (κ3) is 21.4. The number of hydrogen-bond acceptors (Lipinski definition) is 1. The van der Waals surface area contributed by atoms with E-state index in [1.54, 1.807) is 0 Å². The molecule has 2 radical (unpaired) electrons. The van der Waals surface area contributed by atoms with E-state index >= 15 is 0 Å². The molecule has 0 saturated heterocycles. The molecule has 2 N–H and O–H groups in total. The molecule has 2 nitrogen and oxygen atoms in total. The molecule has 0 fully saturated rings. The Morgan fingerprint density at radius 3 is 2.00 bits per heavy atom. The number of rotatable bonds is 2. The van der Waals surface area contributed by atoms with Gasteiger partial charge in [0.15, 0.2) is 0 Å². The maximum absolute atomic E-state index is 9.40. The zero-order valence-corrected chi connectivity index (χ0v) is 8.64. The number of aldehydes is 1. The molecular formula is C4H12O2Sn. The van der Waals surface area contributed by atoms with Crippen molar-refractivity contribution in [1.29, 1.82) is 0 Å². The van der Waals surface area contributed by atoms with Crippen molar-refractivity contribution in [3.63, 3.8) is 0 Å². The van der Waals surface area contributed by atoms with Gasteiger partial charge in [0.25, 0.3) is 0 Å². The van der Waals surface area contributed by atoms with Gasteiger partial charge in [-0.05, 0) is 6.42 Å². The normalized spacial score (nSPS) is 5.29. The van der Waals surface area contributed by atoms with Crippen LogP contribution in [0.4, 0.5) is 0 Å². The molecule has 0 unspecified atom stereocenters. The average molecular weight is 211 g/mol. The fourth-order valence-corrected chi connectivity index (χ4v) is 0.118. The van der Waals surface area contributed by atoms with Gasteiger partial charge in [-0.1, -0.05) is 6.92 Å². The molecule has 3 heteroatoms. The standard InChI is InChI=1S/C4H8O.H2O.Sn.2H/c1-2-3-4-5;;;;/h4H,2-3H2,1H3;1H2;;;. The van der Waals surface area contributed by atoms with Gasteiger partial charge in [-0.3, -0.25) is 0 Å². The molecule has 7 heavy (non-hydrogen) atoms. The summed E-state index contributed by atoms with van der Waals surface area (Å²) >= 11 is 0. The molecule has 0 aromatic heterocycles. The number of carbonyl (C=O) groups is 1. The quantitative estimate of drug-likeness (QED) is 0.437. The van der Waals surface area contributed by atoms with Crippen LogP contribution in [-0.4, -0.2) is 35.7 Å². The van der Waals surface area contributed by atoms with E-state index in [4.69, 9.17) is 0 Å². The SMILES string of the molecule is CCCC=O.O.[SnH2]. The van der Waals surface area contributed by atoms with Crippen molar-refractivity contribution in [2.45, 2.75) is 19.8 Å². The van der Waals surface area contributed by atoms with Crippen molar-refractivity contribution < 1.29 is 10.3 Å². The van der Waals surface area contributed by atoms with Crippen molar-refractivity contribution >= 4 is 30.2 Å². The van der Waals surface area contributed by atoms with E-state index in [9.17, 15) is 4.79 Å². The Morgan fingerprint density at radius 1 is 1.57 bits per heavy atom. The molecule has 0 saturated carbocycles. The summed E-state index contributed by atoms with van der Waals surface area (Å²) in [5, 5.41) is 0. The first-order valence-corrected chi connectivity index (χ1v) is 1.85. The Morgan fingerprint density at radius 2 is 2.00 bits per heavy atom. The predicted molar refractivity (Wildman–Crippen MR) is 33.1 cm³/mol. The van der Waals surface area contributed by atoms with E-state index in [1.807, 2.05) is 6.92 Å². The van der Waals surface area contributed by atoms with Gasteiger partial charge >= 0.3 is 23.9 Å². The molecule has 0 aliphatic rings. The third-order valence-corrected chi connectivity index (χ3v) is 0.407. The molecule has 0 bridgehead atoms. The molecule has 0 spiro atoms. The van der Waals surface area contributed by atoms with Gasteiger partial charge in [0.05, 0.1) is 0 Å². The molecule has 44 valence electrons. The minimum absolute atomic E-state index is 0. The summed E-state index contributed by atoms with van der Waals surface area (Å²) in [6.45, 7) is 1.98. The Labute approximate surface area is 60.6 Å². The molecule has 0 aromatic carbocycles. The van der Waals surface area contributed by atoms with E-state index in [0.717, 1.165) is 12.7 Å². The summed E-state index contributed by atoms with van der Waals surface area (Å²) in [4.78, 5) is 9.40. The topological polar surface area (TPSA) is 48.6 Å². The average Bonchev–Trinajstić information content (AvgIpc) is 1.41. The number of unbranched alkanes of at least 4 members (excludes halogenated alkanes) is 1. The van der Waals surface area contributed by atoms with Crippen LogP contribution in [0.3, 0.4) is 0 Å². The second-order valence-corrected chi connectivity index (χ2v) is 0.955. The number of hydrogen-bond donors (Lipinski definition) is 0. The molecule has 0 heterocycles. The van der Waals surface area contributed by atoms with Gasteiger partial charge in [0.2, 0.25) is 0 Å². The van der Waals surface area contributed by atoms with Crippen LogP contribution in [0, 0.1) is 0 Å². The molecule has 0 aliphatic carbocycles. The van der Waals surface area contributed by atoms with Crippen LogP contribution in [0.2, 0.25) is 0 Å². The fraction of sp³-hybridized carbons (Fsp3) is 0.750. The van der Waals surface area contributed by atoms with E-state index < -0.39 is 0 Å². The summed E-state index contributed by atoms with van der Waals surface area (Å²) in [5.74, 6) is 0. The van der Waals surface area contributed by atoms with Gasteiger partial charge in [-0.15, -0.1) is 0 Å². The van der Waals surface area contributed by atoms with E-state index in [1.165, 1.54) is 0 Å². The van der Waals surface area contributed by atoms with Crippen LogP contribution in [0.25, 0.3) is 0 Å². The Hall–Kier alpha value is 0.429. The predicted octanol–water partition coefficient (Wildman–Crippen LogP) is -0.756. The molecule has 0 aromatic rings. The summed E-state index contributed by atoms with van der Waals surface area (Å²) in [5.41, 5.74) is 0. The Kier molecular flexibility index (Phi) is 36.0. The maximum atomic E-state index is 9.40. The van der Waals surface area contributed by atoms with Crippen molar-refractivity contribution in [1.82, 2.24) is 0 Å². The summed E-state index contributed by atoms with van der Waals surface area (Å²) < 4.78 is 0. The first kappa shape index (κ1) is 15.7. The van der Waals surface area contributed by atoms with Gasteiger partial charge in [-0.2, -0.15) is 0 Å². The second-order valence-electron chi connectivity index (χ2n) is 0.955. The van der Waals surface area contributed by atoms with Gasteiger partial charge in [0.1, 0.15) is 6.29 Å². The van der Waals surface area contributed by atoms with Crippen molar-refractivity contribution in [2.75, 3.05) is 0 Å². The third-order valence-electron chi connectivity index (χ3n) is 0.407. The van der Waals surface area contributed by atoms with Crippen molar-refractivity contribution in [2.24, 2.45) is 0 Å². The van der Waals surface area contributed by atoms with E-state index in [0.29, 0.717) is 6.42 Å². The molecule has 0 atom stereocenters. The van der Waals surface area contributed by atoms with Crippen LogP contribution in [0.1, 0.15) is 19.8 Å². The zero-order valence-electron chi connectivity index (χ0n) is 4.61. The first-order valence-electron chi connectivity index (χ1n) is 1.85. The van der Waals surface area contributed by atoms with Crippen molar-refractivity contribution in [3.8, 4) is 0 Å². The summed E-state index contributed by atoms with van der Waals surface area (Å²) in [7, 11) is 0. The Balaban J connectivity index is -0.0000000800. The van der Waals surface area contributed by atoms with E-state index in [2.05, 4.69) is 0 Å². The van der Waals surface area contributed by atoms with Crippen LogP contribution in [0.15, 0.2) is 0 Å². The number of carbonyl (C=O) groups excluding carboxylic acids is 1. The summed E-state index contributed by atoms with van der Waals surface area (Å²) in [6.07, 6.45) is 2.61. The second kappa shape index (κ2) is 16.1. The van der Waals surface area contributed by atoms with Crippen molar-refractivity contribution in [3.05, 3.63) is 0 Å².